The fourth-order valence-electron chi connectivity index (χ4n) is 1.71. The van der Waals surface area contributed by atoms with Crippen molar-refractivity contribution in [2.75, 3.05) is 0 Å². The number of nitro benzene ring substituents is 1. The third kappa shape index (κ3) is 3.37. The maximum Gasteiger partial charge on any atom is 0.272 e. The summed E-state index contributed by atoms with van der Waals surface area (Å²) in [5.74, 6) is 0. The van der Waals surface area contributed by atoms with Crippen molar-refractivity contribution in [3.63, 3.8) is 0 Å². The number of aryl methyl sites for hydroxylation is 2. The van der Waals surface area contributed by atoms with E-state index >= 15 is 0 Å². The van der Waals surface area contributed by atoms with Crippen LogP contribution in [0.5, 0.6) is 0 Å². The van der Waals surface area contributed by atoms with E-state index < -0.39 is 4.92 Å². The molecule has 0 amide bonds. The van der Waals surface area contributed by atoms with Gasteiger partial charge in [-0.3, -0.25) is 14.9 Å². The van der Waals surface area contributed by atoms with Crippen LogP contribution in [0.1, 0.15) is 5.56 Å². The van der Waals surface area contributed by atoms with E-state index in [1.54, 1.807) is 24.4 Å². The van der Waals surface area contributed by atoms with Gasteiger partial charge in [0.25, 0.3) is 11.2 Å². The number of nitro groups is 1. The molecule has 0 atom stereocenters. The monoisotopic (exact) mass is 371 g/mol. The Morgan fingerprint density at radius 3 is 2.79 bits per heavy atom. The van der Waals surface area contributed by atoms with Crippen molar-refractivity contribution >= 4 is 28.3 Å². The fourth-order valence-corrected chi connectivity index (χ4v) is 2.10. The second-order valence-electron chi connectivity index (χ2n) is 3.87. The highest BCUT2D eigenvalue weighted by Gasteiger charge is 2.12. The van der Waals surface area contributed by atoms with Gasteiger partial charge in [-0.2, -0.15) is 5.10 Å². The van der Waals surface area contributed by atoms with E-state index in [0.29, 0.717) is 18.5 Å². The standard InChI is InChI=1S/C12H10IN3O3/c13-10-7-12(17)15(14-8-10)6-5-9-3-1-2-4-11(9)16(18)19/h1-4,7-8H,5-6H2. The number of hydrogen-bond acceptors (Lipinski definition) is 4. The molecule has 2 aromatic rings. The molecule has 0 aliphatic rings. The Bertz CT molecular complexity index is 669. The summed E-state index contributed by atoms with van der Waals surface area (Å²) in [5.41, 5.74) is 0.464. The Morgan fingerprint density at radius 1 is 1.37 bits per heavy atom. The fraction of sp³-hybridized carbons (Fsp3) is 0.167. The molecule has 0 saturated heterocycles. The van der Waals surface area contributed by atoms with Crippen LogP contribution in [-0.2, 0) is 13.0 Å². The lowest BCUT2D eigenvalue weighted by Crippen LogP contribution is -2.23. The van der Waals surface area contributed by atoms with Gasteiger partial charge in [0.1, 0.15) is 0 Å². The number of halogens is 1. The second-order valence-corrected chi connectivity index (χ2v) is 5.12. The van der Waals surface area contributed by atoms with Crippen molar-refractivity contribution < 1.29 is 4.92 Å². The minimum atomic E-state index is -0.417. The molecule has 0 bridgehead atoms. The average Bonchev–Trinajstić information content (AvgIpc) is 2.38. The van der Waals surface area contributed by atoms with Gasteiger partial charge in [-0.25, -0.2) is 4.68 Å². The van der Waals surface area contributed by atoms with Gasteiger partial charge in [0.2, 0.25) is 0 Å². The number of para-hydroxylation sites is 1. The topological polar surface area (TPSA) is 78.0 Å². The number of benzene rings is 1. The predicted molar refractivity (Wildman–Crippen MR) is 78.0 cm³/mol. The Balaban J connectivity index is 2.19. The highest BCUT2D eigenvalue weighted by atomic mass is 127. The van der Waals surface area contributed by atoms with Crippen LogP contribution >= 0.6 is 22.6 Å². The van der Waals surface area contributed by atoms with Crippen LogP contribution in [0.15, 0.2) is 41.3 Å². The van der Waals surface area contributed by atoms with E-state index in [9.17, 15) is 14.9 Å². The molecule has 19 heavy (non-hydrogen) atoms. The van der Waals surface area contributed by atoms with Gasteiger partial charge in [-0.05, 0) is 29.0 Å². The van der Waals surface area contributed by atoms with Crippen LogP contribution in [0.3, 0.4) is 0 Å². The Kier molecular flexibility index (Phi) is 4.25. The zero-order chi connectivity index (χ0) is 13.8. The van der Waals surface area contributed by atoms with E-state index in [1.165, 1.54) is 16.8 Å². The van der Waals surface area contributed by atoms with Crippen LogP contribution in [0.2, 0.25) is 0 Å². The minimum absolute atomic E-state index is 0.0704. The van der Waals surface area contributed by atoms with Crippen LogP contribution in [0.4, 0.5) is 5.69 Å². The summed E-state index contributed by atoms with van der Waals surface area (Å²) >= 11 is 2.01. The molecule has 0 saturated carbocycles. The van der Waals surface area contributed by atoms with Gasteiger partial charge in [-0.15, -0.1) is 0 Å². The van der Waals surface area contributed by atoms with Crippen LogP contribution in [-0.4, -0.2) is 14.7 Å². The molecule has 0 radical (unpaired) electrons. The molecular weight excluding hydrogens is 361 g/mol. The summed E-state index contributed by atoms with van der Waals surface area (Å²) in [5, 5.41) is 14.9. The largest absolute Gasteiger partial charge is 0.272 e. The van der Waals surface area contributed by atoms with E-state index in [-0.39, 0.29) is 11.2 Å². The number of nitrogens with zero attached hydrogens (tertiary/aromatic N) is 3. The Morgan fingerprint density at radius 2 is 2.11 bits per heavy atom. The van der Waals surface area contributed by atoms with Crippen molar-refractivity contribution in [1.29, 1.82) is 0 Å². The molecule has 1 aromatic carbocycles. The van der Waals surface area contributed by atoms with Crippen LogP contribution in [0.25, 0.3) is 0 Å². The third-order valence-corrected chi connectivity index (χ3v) is 3.21. The first-order chi connectivity index (χ1) is 9.08. The molecule has 0 N–H and O–H groups in total. The minimum Gasteiger partial charge on any atom is -0.268 e. The molecule has 7 heteroatoms. The van der Waals surface area contributed by atoms with Crippen molar-refractivity contribution in [2.24, 2.45) is 0 Å². The lowest BCUT2D eigenvalue weighted by atomic mass is 10.1. The summed E-state index contributed by atoms with van der Waals surface area (Å²) in [4.78, 5) is 22.1. The molecule has 2 rings (SSSR count). The van der Waals surface area contributed by atoms with Crippen molar-refractivity contribution in [1.82, 2.24) is 9.78 Å². The SMILES string of the molecule is O=c1cc(I)cnn1CCc1ccccc1[N+](=O)[O-]. The van der Waals surface area contributed by atoms with E-state index in [4.69, 9.17) is 0 Å². The van der Waals surface area contributed by atoms with Gasteiger partial charge in [0.15, 0.2) is 0 Å². The summed E-state index contributed by atoms with van der Waals surface area (Å²) < 4.78 is 2.07. The first kappa shape index (κ1) is 13.7. The molecule has 0 spiro atoms. The highest BCUT2D eigenvalue weighted by Crippen LogP contribution is 2.18. The lowest BCUT2D eigenvalue weighted by Gasteiger charge is -2.05. The highest BCUT2D eigenvalue weighted by molar-refractivity contribution is 14.1. The first-order valence-corrected chi connectivity index (χ1v) is 6.61. The van der Waals surface area contributed by atoms with Gasteiger partial charge >= 0.3 is 0 Å². The maximum absolute atomic E-state index is 11.6. The van der Waals surface area contributed by atoms with E-state index in [0.717, 1.165) is 3.57 Å². The van der Waals surface area contributed by atoms with Gasteiger partial charge in [0.05, 0.1) is 11.1 Å². The molecule has 0 aliphatic heterocycles. The number of hydrogen-bond donors (Lipinski definition) is 0. The normalized spacial score (nSPS) is 10.4. The molecular formula is C12H10IN3O3. The van der Waals surface area contributed by atoms with Gasteiger partial charge < -0.3 is 0 Å². The van der Waals surface area contributed by atoms with Crippen molar-refractivity contribution in [3.05, 3.63) is 66.1 Å². The third-order valence-electron chi connectivity index (χ3n) is 2.62. The Labute approximate surface area is 122 Å². The molecule has 0 aliphatic carbocycles. The zero-order valence-electron chi connectivity index (χ0n) is 9.82. The predicted octanol–water partition coefficient (Wildman–Crippen LogP) is 2.00. The lowest BCUT2D eigenvalue weighted by molar-refractivity contribution is -0.385. The molecule has 98 valence electrons. The molecule has 6 nitrogen and oxygen atoms in total. The van der Waals surface area contributed by atoms with Gasteiger partial charge in [0, 0.05) is 27.8 Å². The molecule has 1 heterocycles. The first-order valence-electron chi connectivity index (χ1n) is 5.53. The number of rotatable bonds is 4. The van der Waals surface area contributed by atoms with E-state index in [2.05, 4.69) is 5.10 Å². The smallest absolute Gasteiger partial charge is 0.268 e. The van der Waals surface area contributed by atoms with E-state index in [1.807, 2.05) is 22.6 Å². The van der Waals surface area contributed by atoms with Crippen LogP contribution < -0.4 is 5.56 Å². The number of aromatic nitrogens is 2. The second kappa shape index (κ2) is 5.91. The summed E-state index contributed by atoms with van der Waals surface area (Å²) in [7, 11) is 0. The summed E-state index contributed by atoms with van der Waals surface area (Å²) in [6.45, 7) is 0.320. The quantitative estimate of drug-likeness (QED) is 0.468. The van der Waals surface area contributed by atoms with Gasteiger partial charge in [-0.1, -0.05) is 18.2 Å². The summed E-state index contributed by atoms with van der Waals surface area (Å²) in [6, 6.07) is 7.99. The molecule has 1 aromatic heterocycles. The molecule has 0 unspecified atom stereocenters. The average molecular weight is 371 g/mol. The molecule has 0 fully saturated rings. The maximum atomic E-state index is 11.6. The van der Waals surface area contributed by atoms with Crippen molar-refractivity contribution in [3.8, 4) is 0 Å². The van der Waals surface area contributed by atoms with Crippen molar-refractivity contribution in [2.45, 2.75) is 13.0 Å². The zero-order valence-corrected chi connectivity index (χ0v) is 12.0. The Hall–Kier alpha value is -1.77. The summed E-state index contributed by atoms with van der Waals surface area (Å²) in [6.07, 6.45) is 1.98. The van der Waals surface area contributed by atoms with Crippen LogP contribution in [0, 0.1) is 13.7 Å².